The summed E-state index contributed by atoms with van der Waals surface area (Å²) in [6.45, 7) is 1.55. The van der Waals surface area contributed by atoms with Gasteiger partial charge in [0, 0.05) is 39.7 Å². The van der Waals surface area contributed by atoms with Gasteiger partial charge >= 0.3 is 0 Å². The predicted octanol–water partition coefficient (Wildman–Crippen LogP) is 3.55. The van der Waals surface area contributed by atoms with E-state index in [4.69, 9.17) is 23.2 Å². The van der Waals surface area contributed by atoms with Crippen molar-refractivity contribution in [1.82, 2.24) is 15.2 Å². The molecule has 2 aromatic carbocycles. The summed E-state index contributed by atoms with van der Waals surface area (Å²) in [4.78, 5) is 18.6. The highest BCUT2D eigenvalue weighted by molar-refractivity contribution is 6.31. The summed E-state index contributed by atoms with van der Waals surface area (Å²) in [5.41, 5.74) is 4.37. The fraction of sp³-hybridized carbons (Fsp3) is 0.318. The Labute approximate surface area is 179 Å². The van der Waals surface area contributed by atoms with Gasteiger partial charge in [-0.05, 0) is 54.3 Å². The van der Waals surface area contributed by atoms with E-state index >= 15 is 0 Å². The van der Waals surface area contributed by atoms with Crippen LogP contribution in [0, 0.1) is 0 Å². The summed E-state index contributed by atoms with van der Waals surface area (Å²) in [7, 11) is 0. The minimum atomic E-state index is -0.399. The lowest BCUT2D eigenvalue weighted by molar-refractivity contribution is -0.134. The Kier molecular flexibility index (Phi) is 6.11. The van der Waals surface area contributed by atoms with E-state index in [-0.39, 0.29) is 12.5 Å². The molecule has 5 nitrogen and oxygen atoms in total. The van der Waals surface area contributed by atoms with Crippen molar-refractivity contribution in [2.24, 2.45) is 0 Å². The van der Waals surface area contributed by atoms with Gasteiger partial charge in [-0.2, -0.15) is 0 Å². The molecule has 1 atom stereocenters. The number of rotatable bonds is 6. The Morgan fingerprint density at radius 1 is 1.17 bits per heavy atom. The molecular formula is C22H23Cl2N3O2. The van der Waals surface area contributed by atoms with E-state index in [2.05, 4.69) is 10.3 Å². The number of benzene rings is 2. The molecule has 29 heavy (non-hydrogen) atoms. The zero-order valence-corrected chi connectivity index (χ0v) is 17.4. The minimum Gasteiger partial charge on any atom is -0.395 e. The Morgan fingerprint density at radius 2 is 1.93 bits per heavy atom. The third-order valence-corrected chi connectivity index (χ3v) is 5.89. The molecule has 4 rings (SSSR count). The third kappa shape index (κ3) is 4.43. The van der Waals surface area contributed by atoms with Gasteiger partial charge in [-0.25, -0.2) is 0 Å². The summed E-state index contributed by atoms with van der Waals surface area (Å²) < 4.78 is 0. The van der Waals surface area contributed by atoms with Gasteiger partial charge < -0.3 is 20.3 Å². The van der Waals surface area contributed by atoms with Gasteiger partial charge in [0.1, 0.15) is 0 Å². The number of carbonyl (C=O) groups excluding carboxylic acids is 1. The van der Waals surface area contributed by atoms with Gasteiger partial charge in [0.15, 0.2) is 0 Å². The summed E-state index contributed by atoms with van der Waals surface area (Å²) >= 11 is 12.1. The van der Waals surface area contributed by atoms with Crippen molar-refractivity contribution in [2.45, 2.75) is 25.4 Å². The molecule has 3 N–H and O–H groups in total. The lowest BCUT2D eigenvalue weighted by Gasteiger charge is -2.31. The van der Waals surface area contributed by atoms with Crippen LogP contribution in [0.3, 0.4) is 0 Å². The van der Waals surface area contributed by atoms with Crippen molar-refractivity contribution in [3.63, 3.8) is 0 Å². The second kappa shape index (κ2) is 8.76. The van der Waals surface area contributed by atoms with Crippen LogP contribution in [0.4, 0.5) is 0 Å². The van der Waals surface area contributed by atoms with E-state index in [0.29, 0.717) is 36.1 Å². The summed E-state index contributed by atoms with van der Waals surface area (Å²) in [5.74, 6) is 0.0377. The lowest BCUT2D eigenvalue weighted by Crippen LogP contribution is -2.49. The molecule has 152 valence electrons. The molecule has 3 aromatic rings. The largest absolute Gasteiger partial charge is 0.395 e. The molecule has 2 heterocycles. The van der Waals surface area contributed by atoms with Crippen molar-refractivity contribution in [1.29, 1.82) is 0 Å². The van der Waals surface area contributed by atoms with Crippen LogP contribution in [-0.2, 0) is 24.2 Å². The highest BCUT2D eigenvalue weighted by Gasteiger charge is 2.29. The maximum Gasteiger partial charge on any atom is 0.240 e. The summed E-state index contributed by atoms with van der Waals surface area (Å²) in [5, 5.41) is 14.9. The maximum absolute atomic E-state index is 13.3. The van der Waals surface area contributed by atoms with Crippen LogP contribution >= 0.6 is 23.2 Å². The quantitative estimate of drug-likeness (QED) is 0.558. The SMILES string of the molecule is O=C(C(Cc1ccc(Cl)cc1)NCCO)N1CCc2c([nH]c3ccc(Cl)cc23)C1. The Bertz CT molecular complexity index is 1020. The third-order valence-electron chi connectivity index (χ3n) is 5.40. The summed E-state index contributed by atoms with van der Waals surface area (Å²) in [6.07, 6.45) is 1.33. The van der Waals surface area contributed by atoms with E-state index in [9.17, 15) is 9.90 Å². The molecule has 0 spiro atoms. The van der Waals surface area contributed by atoms with Gasteiger partial charge in [0.25, 0.3) is 0 Å². The minimum absolute atomic E-state index is 0.0165. The second-order valence-corrected chi connectivity index (χ2v) is 8.22. The number of hydrogen-bond donors (Lipinski definition) is 3. The molecule has 0 fully saturated rings. The first kappa shape index (κ1) is 20.2. The number of aliphatic hydroxyl groups is 1. The maximum atomic E-state index is 13.3. The number of nitrogens with zero attached hydrogens (tertiary/aromatic N) is 1. The number of amides is 1. The average molecular weight is 432 g/mol. The highest BCUT2D eigenvalue weighted by atomic mass is 35.5. The van der Waals surface area contributed by atoms with Crippen LogP contribution in [0.15, 0.2) is 42.5 Å². The molecule has 0 saturated carbocycles. The van der Waals surface area contributed by atoms with Gasteiger partial charge in [-0.3, -0.25) is 4.79 Å². The number of halogens is 2. The highest BCUT2D eigenvalue weighted by Crippen LogP contribution is 2.30. The van der Waals surface area contributed by atoms with Crippen LogP contribution in [0.25, 0.3) is 10.9 Å². The monoisotopic (exact) mass is 431 g/mol. The zero-order chi connectivity index (χ0) is 20.4. The number of hydrogen-bond acceptors (Lipinski definition) is 3. The zero-order valence-electron chi connectivity index (χ0n) is 15.9. The van der Waals surface area contributed by atoms with Gasteiger partial charge in [0.2, 0.25) is 5.91 Å². The molecule has 1 aliphatic heterocycles. The summed E-state index contributed by atoms with van der Waals surface area (Å²) in [6, 6.07) is 12.9. The second-order valence-electron chi connectivity index (χ2n) is 7.34. The van der Waals surface area contributed by atoms with E-state index < -0.39 is 6.04 Å². The predicted molar refractivity (Wildman–Crippen MR) is 116 cm³/mol. The van der Waals surface area contributed by atoms with E-state index in [1.54, 1.807) is 0 Å². The smallest absolute Gasteiger partial charge is 0.240 e. The molecule has 0 radical (unpaired) electrons. The number of H-pyrrole nitrogens is 1. The first-order chi connectivity index (χ1) is 14.0. The van der Waals surface area contributed by atoms with Crippen molar-refractivity contribution < 1.29 is 9.90 Å². The molecule has 1 aromatic heterocycles. The van der Waals surface area contributed by atoms with Crippen LogP contribution < -0.4 is 5.32 Å². The molecule has 1 unspecified atom stereocenters. The number of nitrogens with one attached hydrogen (secondary N) is 2. The van der Waals surface area contributed by atoms with Gasteiger partial charge in [0.05, 0.1) is 19.2 Å². The first-order valence-electron chi connectivity index (χ1n) is 9.71. The van der Waals surface area contributed by atoms with Crippen molar-refractivity contribution >= 4 is 40.0 Å². The number of carbonyl (C=O) groups is 1. The van der Waals surface area contributed by atoms with Crippen LogP contribution in [0.1, 0.15) is 16.8 Å². The lowest BCUT2D eigenvalue weighted by atomic mass is 10.0. The Balaban J connectivity index is 1.53. The number of fused-ring (bicyclic) bond motifs is 3. The molecular weight excluding hydrogens is 409 g/mol. The number of aliphatic hydroxyl groups excluding tert-OH is 1. The van der Waals surface area contributed by atoms with Crippen molar-refractivity contribution in [2.75, 3.05) is 19.7 Å². The van der Waals surface area contributed by atoms with E-state index in [1.165, 1.54) is 5.56 Å². The van der Waals surface area contributed by atoms with E-state index in [1.807, 2.05) is 47.4 Å². The molecule has 1 aliphatic rings. The van der Waals surface area contributed by atoms with Crippen LogP contribution in [0.2, 0.25) is 10.0 Å². The molecule has 0 saturated heterocycles. The Hall–Kier alpha value is -2.05. The van der Waals surface area contributed by atoms with Crippen LogP contribution in [0.5, 0.6) is 0 Å². The normalized spacial score (nSPS) is 14.8. The van der Waals surface area contributed by atoms with Gasteiger partial charge in [-0.1, -0.05) is 35.3 Å². The van der Waals surface area contributed by atoms with Crippen molar-refractivity contribution in [3.05, 3.63) is 69.3 Å². The number of aromatic nitrogens is 1. The molecule has 1 amide bonds. The van der Waals surface area contributed by atoms with Crippen molar-refractivity contribution in [3.8, 4) is 0 Å². The molecule has 7 heteroatoms. The standard InChI is InChI=1S/C22H23Cl2N3O2/c23-15-3-1-14(2-4-15)11-20(25-8-10-28)22(29)27-9-7-17-18-12-16(24)5-6-19(18)26-21(17)13-27/h1-6,12,20,25-26,28H,7-11,13H2. The Morgan fingerprint density at radius 3 is 2.69 bits per heavy atom. The number of aromatic amines is 1. The average Bonchev–Trinajstić information content (AvgIpc) is 3.09. The fourth-order valence-corrected chi connectivity index (χ4v) is 4.26. The topological polar surface area (TPSA) is 68.4 Å². The van der Waals surface area contributed by atoms with Crippen LogP contribution in [-0.4, -0.2) is 46.6 Å². The first-order valence-corrected chi connectivity index (χ1v) is 10.5. The fourth-order valence-electron chi connectivity index (χ4n) is 3.96. The van der Waals surface area contributed by atoms with E-state index in [0.717, 1.165) is 28.6 Å². The van der Waals surface area contributed by atoms with Gasteiger partial charge in [-0.15, -0.1) is 0 Å². The molecule has 0 bridgehead atoms. The molecule has 0 aliphatic carbocycles.